The maximum absolute atomic E-state index is 13.1. The van der Waals surface area contributed by atoms with Crippen molar-refractivity contribution in [3.63, 3.8) is 0 Å². The Morgan fingerprint density at radius 2 is 2.28 bits per heavy atom. The van der Waals surface area contributed by atoms with Crippen LogP contribution in [0.2, 0.25) is 0 Å². The largest absolute Gasteiger partial charge is 0.349 e. The quantitative estimate of drug-likeness (QED) is 0.859. The minimum Gasteiger partial charge on any atom is -0.349 e. The average Bonchev–Trinajstić information content (AvgIpc) is 2.75. The van der Waals surface area contributed by atoms with Crippen molar-refractivity contribution in [1.82, 2.24) is 10.6 Å². The van der Waals surface area contributed by atoms with Gasteiger partial charge in [-0.1, -0.05) is 19.1 Å². The van der Waals surface area contributed by atoms with Gasteiger partial charge in [-0.05, 0) is 37.1 Å². The van der Waals surface area contributed by atoms with E-state index in [0.717, 1.165) is 18.7 Å². The summed E-state index contributed by atoms with van der Waals surface area (Å²) in [6.07, 6.45) is 0. The molecular weight excluding hydrogens is 231 g/mol. The molecule has 3 atom stereocenters. The van der Waals surface area contributed by atoms with Gasteiger partial charge in [0, 0.05) is 6.54 Å². The topological polar surface area (TPSA) is 41.1 Å². The van der Waals surface area contributed by atoms with Crippen LogP contribution in [0.1, 0.15) is 25.5 Å². The van der Waals surface area contributed by atoms with Crippen LogP contribution in [0.4, 0.5) is 4.39 Å². The van der Waals surface area contributed by atoms with E-state index in [0.29, 0.717) is 5.92 Å². The summed E-state index contributed by atoms with van der Waals surface area (Å²) in [7, 11) is 0. The lowest BCUT2D eigenvalue weighted by atomic mass is 9.96. The third-order valence-electron chi connectivity index (χ3n) is 3.56. The molecule has 1 amide bonds. The van der Waals surface area contributed by atoms with Crippen LogP contribution in [-0.4, -0.2) is 19.0 Å². The summed E-state index contributed by atoms with van der Waals surface area (Å²) in [5, 5.41) is 6.15. The highest BCUT2D eigenvalue weighted by Gasteiger charge is 2.30. The van der Waals surface area contributed by atoms with Crippen LogP contribution in [0.25, 0.3) is 0 Å². The predicted molar refractivity (Wildman–Crippen MR) is 68.5 cm³/mol. The minimum atomic E-state index is -0.274. The Morgan fingerprint density at radius 3 is 2.89 bits per heavy atom. The van der Waals surface area contributed by atoms with Crippen LogP contribution in [0.5, 0.6) is 0 Å². The number of carbonyl (C=O) groups is 1. The summed E-state index contributed by atoms with van der Waals surface area (Å²) >= 11 is 0. The van der Waals surface area contributed by atoms with Crippen LogP contribution in [0.15, 0.2) is 24.3 Å². The molecule has 2 unspecified atom stereocenters. The van der Waals surface area contributed by atoms with Crippen molar-refractivity contribution in [2.45, 2.75) is 19.9 Å². The van der Waals surface area contributed by atoms with E-state index in [2.05, 4.69) is 17.6 Å². The Hall–Kier alpha value is -1.42. The van der Waals surface area contributed by atoms with Gasteiger partial charge in [-0.15, -0.1) is 0 Å². The van der Waals surface area contributed by atoms with Gasteiger partial charge < -0.3 is 10.6 Å². The second kappa shape index (κ2) is 5.48. The lowest BCUT2D eigenvalue weighted by Crippen LogP contribution is -2.35. The van der Waals surface area contributed by atoms with E-state index in [9.17, 15) is 9.18 Å². The second-order valence-electron chi connectivity index (χ2n) is 5.03. The zero-order chi connectivity index (χ0) is 13.1. The minimum absolute atomic E-state index is 0.0148. The number of rotatable bonds is 3. The van der Waals surface area contributed by atoms with Crippen molar-refractivity contribution in [2.75, 3.05) is 13.1 Å². The molecule has 0 bridgehead atoms. The van der Waals surface area contributed by atoms with Crippen molar-refractivity contribution >= 4 is 5.91 Å². The molecule has 1 aliphatic rings. The zero-order valence-corrected chi connectivity index (χ0v) is 10.7. The number of halogens is 1. The number of hydrogen-bond acceptors (Lipinski definition) is 2. The molecule has 1 fully saturated rings. The highest BCUT2D eigenvalue weighted by atomic mass is 19.1. The third-order valence-corrected chi connectivity index (χ3v) is 3.56. The lowest BCUT2D eigenvalue weighted by molar-refractivity contribution is -0.126. The van der Waals surface area contributed by atoms with Crippen LogP contribution < -0.4 is 10.6 Å². The maximum atomic E-state index is 13.1. The van der Waals surface area contributed by atoms with Gasteiger partial charge >= 0.3 is 0 Å². The highest BCUT2D eigenvalue weighted by Crippen LogP contribution is 2.19. The van der Waals surface area contributed by atoms with Gasteiger partial charge in [0.2, 0.25) is 5.91 Å². The van der Waals surface area contributed by atoms with Crippen LogP contribution in [-0.2, 0) is 4.79 Å². The Morgan fingerprint density at radius 1 is 1.50 bits per heavy atom. The van der Waals surface area contributed by atoms with Gasteiger partial charge in [-0.25, -0.2) is 4.39 Å². The van der Waals surface area contributed by atoms with E-state index < -0.39 is 0 Å². The van der Waals surface area contributed by atoms with Crippen molar-refractivity contribution in [2.24, 2.45) is 11.8 Å². The molecule has 4 heteroatoms. The first kappa shape index (κ1) is 13.0. The number of benzene rings is 1. The molecular formula is C14H19FN2O. The SMILES string of the molecule is CC1CNCC1C(=O)N[C@H](C)c1cccc(F)c1. The normalized spacial score (nSPS) is 24.8. The Bertz CT molecular complexity index is 436. The first-order chi connectivity index (χ1) is 8.58. The summed E-state index contributed by atoms with van der Waals surface area (Å²) in [4.78, 5) is 12.1. The third kappa shape index (κ3) is 2.88. The van der Waals surface area contributed by atoms with Gasteiger partial charge in [-0.2, -0.15) is 0 Å². The maximum Gasteiger partial charge on any atom is 0.225 e. The fourth-order valence-electron chi connectivity index (χ4n) is 2.34. The monoisotopic (exact) mass is 250 g/mol. The standard InChI is InChI=1S/C14H19FN2O/c1-9-7-16-8-13(9)14(18)17-10(2)11-4-3-5-12(15)6-11/h3-6,9-10,13,16H,7-8H2,1-2H3,(H,17,18)/t9?,10-,13?/m1/s1. The summed E-state index contributed by atoms with van der Waals surface area (Å²) in [5.41, 5.74) is 0.793. The predicted octanol–water partition coefficient (Wildman–Crippen LogP) is 1.86. The first-order valence-corrected chi connectivity index (χ1v) is 6.34. The van der Waals surface area contributed by atoms with Crippen LogP contribution in [0, 0.1) is 17.7 Å². The van der Waals surface area contributed by atoms with Crippen molar-refractivity contribution in [3.8, 4) is 0 Å². The lowest BCUT2D eigenvalue weighted by Gasteiger charge is -2.19. The molecule has 2 rings (SSSR count). The van der Waals surface area contributed by atoms with E-state index in [1.807, 2.05) is 13.0 Å². The van der Waals surface area contributed by atoms with Crippen molar-refractivity contribution in [3.05, 3.63) is 35.6 Å². The van der Waals surface area contributed by atoms with E-state index >= 15 is 0 Å². The van der Waals surface area contributed by atoms with Crippen molar-refractivity contribution in [1.29, 1.82) is 0 Å². The molecule has 0 saturated carbocycles. The second-order valence-corrected chi connectivity index (χ2v) is 5.03. The number of carbonyl (C=O) groups excluding carboxylic acids is 1. The molecule has 1 aromatic rings. The Balaban J connectivity index is 1.98. The van der Waals surface area contributed by atoms with Gasteiger partial charge in [-0.3, -0.25) is 4.79 Å². The van der Waals surface area contributed by atoms with Gasteiger partial charge in [0.05, 0.1) is 12.0 Å². The fourth-order valence-corrected chi connectivity index (χ4v) is 2.34. The number of nitrogens with one attached hydrogen (secondary N) is 2. The molecule has 2 N–H and O–H groups in total. The molecule has 0 spiro atoms. The molecule has 1 aromatic carbocycles. The number of amides is 1. The van der Waals surface area contributed by atoms with E-state index in [-0.39, 0.29) is 23.7 Å². The van der Waals surface area contributed by atoms with Gasteiger partial charge in [0.1, 0.15) is 5.82 Å². The van der Waals surface area contributed by atoms with Gasteiger partial charge in [0.15, 0.2) is 0 Å². The summed E-state index contributed by atoms with van der Waals surface area (Å²) in [5.74, 6) is 0.138. The Labute approximate surface area is 107 Å². The van der Waals surface area contributed by atoms with Crippen LogP contribution >= 0.6 is 0 Å². The highest BCUT2D eigenvalue weighted by molar-refractivity contribution is 5.80. The molecule has 0 aromatic heterocycles. The van der Waals surface area contributed by atoms with E-state index in [1.54, 1.807) is 6.07 Å². The van der Waals surface area contributed by atoms with E-state index in [4.69, 9.17) is 0 Å². The first-order valence-electron chi connectivity index (χ1n) is 6.34. The zero-order valence-electron chi connectivity index (χ0n) is 10.7. The summed E-state index contributed by atoms with van der Waals surface area (Å²) in [6, 6.07) is 6.18. The fraction of sp³-hybridized carbons (Fsp3) is 0.500. The molecule has 1 aliphatic heterocycles. The average molecular weight is 250 g/mol. The molecule has 1 saturated heterocycles. The smallest absolute Gasteiger partial charge is 0.225 e. The molecule has 98 valence electrons. The molecule has 1 heterocycles. The van der Waals surface area contributed by atoms with Crippen LogP contribution in [0.3, 0.4) is 0 Å². The summed E-state index contributed by atoms with van der Waals surface area (Å²) < 4.78 is 13.1. The Kier molecular flexibility index (Phi) is 3.97. The number of hydrogen-bond donors (Lipinski definition) is 2. The van der Waals surface area contributed by atoms with E-state index in [1.165, 1.54) is 12.1 Å². The van der Waals surface area contributed by atoms with Crippen molar-refractivity contribution < 1.29 is 9.18 Å². The molecule has 0 aliphatic carbocycles. The molecule has 18 heavy (non-hydrogen) atoms. The molecule has 3 nitrogen and oxygen atoms in total. The molecule has 0 radical (unpaired) electrons. The summed E-state index contributed by atoms with van der Waals surface area (Å²) in [6.45, 7) is 5.55. The van der Waals surface area contributed by atoms with Gasteiger partial charge in [0.25, 0.3) is 0 Å².